The normalized spacial score (nSPS) is 18.8. The third kappa shape index (κ3) is 5.46. The number of ether oxygens (including phenoxy) is 1. The quantitative estimate of drug-likeness (QED) is 0.376. The number of hydrogen-bond acceptors (Lipinski definition) is 5. The van der Waals surface area contributed by atoms with Gasteiger partial charge in [0.2, 0.25) is 15.9 Å². The number of allylic oxidation sites excluding steroid dienone is 1. The van der Waals surface area contributed by atoms with E-state index in [0.717, 1.165) is 52.6 Å². The molecule has 0 radical (unpaired) electrons. The van der Waals surface area contributed by atoms with E-state index in [0.29, 0.717) is 24.5 Å². The Bertz CT molecular complexity index is 1210. The SMILES string of the molecule is CCOc1ccc(N2C(=O)CC(N(CCC3=CCCCC3)S(=O)(=O)c3ccc(F)cc3)C2=O)cc1. The molecule has 1 saturated heterocycles. The fourth-order valence-electron chi connectivity index (χ4n) is 4.54. The summed E-state index contributed by atoms with van der Waals surface area (Å²) < 4.78 is 47.2. The first kappa shape index (κ1) is 25.1. The average Bonchev–Trinajstić information content (AvgIpc) is 3.14. The number of nitrogens with zero attached hydrogens (tertiary/aromatic N) is 2. The van der Waals surface area contributed by atoms with Crippen LogP contribution < -0.4 is 9.64 Å². The van der Waals surface area contributed by atoms with Crippen molar-refractivity contribution >= 4 is 27.5 Å². The molecule has 2 amide bonds. The molecule has 1 aliphatic carbocycles. The molecule has 0 bridgehead atoms. The van der Waals surface area contributed by atoms with Crippen LogP contribution in [-0.2, 0) is 19.6 Å². The Morgan fingerprint density at radius 1 is 1.06 bits per heavy atom. The predicted molar refractivity (Wildman–Crippen MR) is 130 cm³/mol. The summed E-state index contributed by atoms with van der Waals surface area (Å²) in [6, 6.07) is 9.87. The summed E-state index contributed by atoms with van der Waals surface area (Å²) in [4.78, 5) is 27.3. The van der Waals surface area contributed by atoms with Crippen LogP contribution in [0.1, 0.15) is 45.4 Å². The van der Waals surface area contributed by atoms with Crippen LogP contribution in [0.25, 0.3) is 0 Å². The second kappa shape index (κ2) is 10.7. The molecule has 9 heteroatoms. The van der Waals surface area contributed by atoms with E-state index in [1.807, 2.05) is 6.92 Å². The standard InChI is InChI=1S/C26H29FN2O5S/c1-2-34-22-12-10-21(11-13-22)29-25(30)18-24(26(29)31)28(17-16-19-6-4-3-5-7-19)35(32,33)23-14-8-20(27)9-15-23/h6,8-15,24H,2-5,7,16-18H2,1H3. The number of amides is 2. The van der Waals surface area contributed by atoms with Gasteiger partial charge in [0.05, 0.1) is 23.6 Å². The molecule has 1 aliphatic heterocycles. The van der Waals surface area contributed by atoms with Crippen molar-refractivity contribution in [2.24, 2.45) is 0 Å². The molecule has 1 fully saturated rings. The molecule has 186 valence electrons. The third-order valence-electron chi connectivity index (χ3n) is 6.33. The molecule has 35 heavy (non-hydrogen) atoms. The van der Waals surface area contributed by atoms with Crippen LogP contribution in [0, 0.1) is 5.82 Å². The van der Waals surface area contributed by atoms with Gasteiger partial charge in [0.1, 0.15) is 17.6 Å². The number of rotatable bonds is 9. The lowest BCUT2D eigenvalue weighted by atomic mass is 9.97. The molecule has 0 aromatic heterocycles. The summed E-state index contributed by atoms with van der Waals surface area (Å²) in [5.41, 5.74) is 1.51. The highest BCUT2D eigenvalue weighted by Crippen LogP contribution is 2.31. The number of sulfonamides is 1. The Labute approximate surface area is 205 Å². The Balaban J connectivity index is 1.64. The smallest absolute Gasteiger partial charge is 0.252 e. The molecule has 1 atom stereocenters. The van der Waals surface area contributed by atoms with Crippen molar-refractivity contribution in [1.82, 2.24) is 4.31 Å². The fraction of sp³-hybridized carbons (Fsp3) is 0.385. The fourth-order valence-corrected chi connectivity index (χ4v) is 6.12. The van der Waals surface area contributed by atoms with Gasteiger partial charge in [0.15, 0.2) is 0 Å². The largest absolute Gasteiger partial charge is 0.494 e. The number of halogens is 1. The van der Waals surface area contributed by atoms with Crippen molar-refractivity contribution in [3.05, 3.63) is 66.0 Å². The molecular weight excluding hydrogens is 471 g/mol. The van der Waals surface area contributed by atoms with Gasteiger partial charge in [-0.15, -0.1) is 0 Å². The molecule has 0 spiro atoms. The minimum absolute atomic E-state index is 0.0619. The first-order valence-electron chi connectivity index (χ1n) is 11.9. The van der Waals surface area contributed by atoms with E-state index in [2.05, 4.69) is 6.08 Å². The predicted octanol–water partition coefficient (Wildman–Crippen LogP) is 4.44. The van der Waals surface area contributed by atoms with E-state index in [9.17, 15) is 22.4 Å². The maximum atomic E-state index is 13.6. The lowest BCUT2D eigenvalue weighted by molar-refractivity contribution is -0.122. The number of imide groups is 1. The van der Waals surface area contributed by atoms with Gasteiger partial charge >= 0.3 is 0 Å². The Morgan fingerprint density at radius 2 is 1.77 bits per heavy atom. The van der Waals surface area contributed by atoms with Gasteiger partial charge in [0.25, 0.3) is 5.91 Å². The third-order valence-corrected chi connectivity index (χ3v) is 8.26. The van der Waals surface area contributed by atoms with Crippen molar-refractivity contribution in [3.63, 3.8) is 0 Å². The average molecular weight is 501 g/mol. The zero-order chi connectivity index (χ0) is 25.0. The Kier molecular flexibility index (Phi) is 7.66. The summed E-state index contributed by atoms with van der Waals surface area (Å²) >= 11 is 0. The van der Waals surface area contributed by atoms with Crippen molar-refractivity contribution in [2.45, 2.75) is 56.4 Å². The van der Waals surface area contributed by atoms with Gasteiger partial charge in [-0.1, -0.05) is 11.6 Å². The highest BCUT2D eigenvalue weighted by Gasteiger charge is 2.46. The molecule has 0 saturated carbocycles. The minimum atomic E-state index is -4.16. The second-order valence-corrected chi connectivity index (χ2v) is 10.5. The van der Waals surface area contributed by atoms with Crippen LogP contribution >= 0.6 is 0 Å². The molecule has 4 rings (SSSR count). The molecule has 1 heterocycles. The second-order valence-electron chi connectivity index (χ2n) is 8.64. The van der Waals surface area contributed by atoms with Crippen molar-refractivity contribution in [2.75, 3.05) is 18.1 Å². The van der Waals surface area contributed by atoms with E-state index in [-0.39, 0.29) is 17.9 Å². The maximum Gasteiger partial charge on any atom is 0.252 e. The van der Waals surface area contributed by atoms with Crippen molar-refractivity contribution in [1.29, 1.82) is 0 Å². The summed E-state index contributed by atoms with van der Waals surface area (Å²) in [5, 5.41) is 0. The lowest BCUT2D eigenvalue weighted by Gasteiger charge is -2.27. The zero-order valence-electron chi connectivity index (χ0n) is 19.7. The Morgan fingerprint density at radius 3 is 2.40 bits per heavy atom. The van der Waals surface area contributed by atoms with Crippen LogP contribution in [0.5, 0.6) is 5.75 Å². The van der Waals surface area contributed by atoms with Crippen LogP contribution in [0.3, 0.4) is 0 Å². The number of carbonyl (C=O) groups is 2. The first-order chi connectivity index (χ1) is 16.8. The van der Waals surface area contributed by atoms with Gasteiger partial charge in [0, 0.05) is 6.54 Å². The molecule has 2 aromatic rings. The van der Waals surface area contributed by atoms with Crippen LogP contribution in [-0.4, -0.2) is 43.7 Å². The number of benzene rings is 2. The van der Waals surface area contributed by atoms with Crippen LogP contribution in [0.4, 0.5) is 10.1 Å². The van der Waals surface area contributed by atoms with E-state index < -0.39 is 33.7 Å². The van der Waals surface area contributed by atoms with E-state index in [4.69, 9.17) is 4.74 Å². The summed E-state index contributed by atoms with van der Waals surface area (Å²) in [5.74, 6) is -1.02. The molecule has 2 aromatic carbocycles. The topological polar surface area (TPSA) is 84.0 Å². The minimum Gasteiger partial charge on any atom is -0.494 e. The first-order valence-corrected chi connectivity index (χ1v) is 13.3. The van der Waals surface area contributed by atoms with Gasteiger partial charge in [-0.25, -0.2) is 17.7 Å². The van der Waals surface area contributed by atoms with Crippen molar-refractivity contribution in [3.8, 4) is 5.75 Å². The summed E-state index contributed by atoms with van der Waals surface area (Å²) in [6.07, 6.45) is 6.33. The van der Waals surface area contributed by atoms with Gasteiger partial charge < -0.3 is 4.74 Å². The summed E-state index contributed by atoms with van der Waals surface area (Å²) in [7, 11) is -4.16. The van der Waals surface area contributed by atoms with Crippen LogP contribution in [0.2, 0.25) is 0 Å². The highest BCUT2D eigenvalue weighted by atomic mass is 32.2. The van der Waals surface area contributed by atoms with E-state index in [1.54, 1.807) is 24.3 Å². The maximum absolute atomic E-state index is 13.6. The zero-order valence-corrected chi connectivity index (χ0v) is 20.5. The van der Waals surface area contributed by atoms with E-state index >= 15 is 0 Å². The summed E-state index contributed by atoms with van der Waals surface area (Å²) in [6.45, 7) is 2.40. The molecule has 1 unspecified atom stereocenters. The van der Waals surface area contributed by atoms with Gasteiger partial charge in [-0.2, -0.15) is 4.31 Å². The molecule has 2 aliphatic rings. The Hall–Kier alpha value is -3.04. The monoisotopic (exact) mass is 500 g/mol. The lowest BCUT2D eigenvalue weighted by Crippen LogP contribution is -2.46. The van der Waals surface area contributed by atoms with Crippen LogP contribution in [0.15, 0.2) is 65.1 Å². The molecule has 7 nitrogen and oxygen atoms in total. The molecular formula is C26H29FN2O5S. The van der Waals surface area contributed by atoms with Crippen molar-refractivity contribution < 1.29 is 27.1 Å². The molecule has 0 N–H and O–H groups in total. The number of hydrogen-bond donors (Lipinski definition) is 0. The number of carbonyl (C=O) groups excluding carboxylic acids is 2. The number of anilines is 1. The van der Waals surface area contributed by atoms with E-state index in [1.165, 1.54) is 12.1 Å². The van der Waals surface area contributed by atoms with Gasteiger partial charge in [-0.3, -0.25) is 9.59 Å². The highest BCUT2D eigenvalue weighted by molar-refractivity contribution is 7.89. The van der Waals surface area contributed by atoms with Gasteiger partial charge in [-0.05, 0) is 87.6 Å².